The van der Waals surface area contributed by atoms with Crippen molar-refractivity contribution in [3.8, 4) is 6.07 Å². The van der Waals surface area contributed by atoms with Crippen molar-refractivity contribution < 1.29 is 19.1 Å². The van der Waals surface area contributed by atoms with Gasteiger partial charge in [0.15, 0.2) is 0 Å². The molecule has 5 heteroatoms. The minimum absolute atomic E-state index is 0.0702. The molecular weight excluding hydrogens is 258 g/mol. The van der Waals surface area contributed by atoms with Crippen molar-refractivity contribution in [2.24, 2.45) is 5.92 Å². The molecule has 0 aromatic heterocycles. The number of nitrogens with zero attached hydrogens (tertiary/aromatic N) is 1. The van der Waals surface area contributed by atoms with Crippen LogP contribution in [0.25, 0.3) is 0 Å². The zero-order valence-corrected chi connectivity index (χ0v) is 12.1. The predicted octanol–water partition coefficient (Wildman–Crippen LogP) is 2.51. The van der Waals surface area contributed by atoms with E-state index in [-0.39, 0.29) is 30.5 Å². The maximum Gasteiger partial charge on any atom is 0.348 e. The molecule has 1 aliphatic carbocycles. The molecular formula is C15H21NO4. The van der Waals surface area contributed by atoms with Crippen LogP contribution in [-0.2, 0) is 19.1 Å². The number of rotatable bonds is 5. The molecule has 1 fully saturated rings. The Hall–Kier alpha value is -1.83. The van der Waals surface area contributed by atoms with E-state index in [0.717, 1.165) is 24.8 Å². The van der Waals surface area contributed by atoms with Gasteiger partial charge in [0.1, 0.15) is 11.6 Å². The highest BCUT2D eigenvalue weighted by Gasteiger charge is 2.28. The molecule has 0 aliphatic heterocycles. The third-order valence-electron chi connectivity index (χ3n) is 3.37. The first-order valence-electron chi connectivity index (χ1n) is 7.09. The summed E-state index contributed by atoms with van der Waals surface area (Å²) in [5.41, 5.74) is 0.825. The van der Waals surface area contributed by atoms with Gasteiger partial charge in [0.25, 0.3) is 0 Å². The molecule has 0 saturated heterocycles. The third kappa shape index (κ3) is 4.37. The number of carbonyl (C=O) groups is 2. The SMILES string of the molecule is CCOC(=O)CC1CCCCC1=C(C#N)C(=O)OCC. The molecule has 5 nitrogen and oxygen atoms in total. The van der Waals surface area contributed by atoms with Crippen LogP contribution in [0.3, 0.4) is 0 Å². The molecule has 0 amide bonds. The average Bonchev–Trinajstić information content (AvgIpc) is 2.42. The number of allylic oxidation sites excluding steroid dienone is 1. The minimum Gasteiger partial charge on any atom is -0.466 e. The van der Waals surface area contributed by atoms with Crippen LogP contribution in [0.2, 0.25) is 0 Å². The van der Waals surface area contributed by atoms with E-state index in [1.165, 1.54) is 0 Å². The lowest BCUT2D eigenvalue weighted by Gasteiger charge is -2.25. The fourth-order valence-electron chi connectivity index (χ4n) is 2.51. The van der Waals surface area contributed by atoms with Crippen LogP contribution >= 0.6 is 0 Å². The Morgan fingerprint density at radius 2 is 1.95 bits per heavy atom. The summed E-state index contributed by atoms with van der Waals surface area (Å²) in [6.07, 6.45) is 3.63. The first-order chi connectivity index (χ1) is 9.63. The molecule has 110 valence electrons. The highest BCUT2D eigenvalue weighted by molar-refractivity contribution is 5.94. The van der Waals surface area contributed by atoms with Gasteiger partial charge in [0, 0.05) is 0 Å². The van der Waals surface area contributed by atoms with Crippen molar-refractivity contribution in [2.75, 3.05) is 13.2 Å². The van der Waals surface area contributed by atoms with E-state index in [9.17, 15) is 14.9 Å². The number of esters is 2. The molecule has 1 aliphatic rings. The largest absolute Gasteiger partial charge is 0.466 e. The summed E-state index contributed by atoms with van der Waals surface area (Å²) in [7, 11) is 0. The van der Waals surface area contributed by atoms with Crippen LogP contribution in [0.15, 0.2) is 11.1 Å². The van der Waals surface area contributed by atoms with E-state index in [4.69, 9.17) is 9.47 Å². The van der Waals surface area contributed by atoms with E-state index in [2.05, 4.69) is 0 Å². The Balaban J connectivity index is 2.93. The summed E-state index contributed by atoms with van der Waals surface area (Å²) in [4.78, 5) is 23.4. The van der Waals surface area contributed by atoms with Crippen LogP contribution < -0.4 is 0 Å². The van der Waals surface area contributed by atoms with E-state index in [1.54, 1.807) is 13.8 Å². The van der Waals surface area contributed by atoms with Gasteiger partial charge in [0.2, 0.25) is 0 Å². The topological polar surface area (TPSA) is 76.4 Å². The second kappa shape index (κ2) is 8.36. The van der Waals surface area contributed by atoms with Gasteiger partial charge in [-0.1, -0.05) is 6.42 Å². The van der Waals surface area contributed by atoms with E-state index in [0.29, 0.717) is 13.0 Å². The van der Waals surface area contributed by atoms with Crippen LogP contribution in [0.4, 0.5) is 0 Å². The van der Waals surface area contributed by atoms with Crippen molar-refractivity contribution >= 4 is 11.9 Å². The van der Waals surface area contributed by atoms with Crippen molar-refractivity contribution in [1.82, 2.24) is 0 Å². The molecule has 0 heterocycles. The summed E-state index contributed by atoms with van der Waals surface area (Å²) in [6.45, 7) is 4.04. The maximum absolute atomic E-state index is 11.8. The molecule has 0 N–H and O–H groups in total. The Morgan fingerprint density at radius 3 is 2.55 bits per heavy atom. The zero-order chi connectivity index (χ0) is 15.0. The number of hydrogen-bond donors (Lipinski definition) is 0. The number of nitriles is 1. The molecule has 1 rings (SSSR count). The Labute approximate surface area is 119 Å². The quantitative estimate of drug-likeness (QED) is 0.439. The monoisotopic (exact) mass is 279 g/mol. The van der Waals surface area contributed by atoms with Crippen molar-refractivity contribution in [3.05, 3.63) is 11.1 Å². The molecule has 0 aromatic rings. The van der Waals surface area contributed by atoms with Crippen molar-refractivity contribution in [2.45, 2.75) is 46.0 Å². The molecule has 20 heavy (non-hydrogen) atoms. The second-order valence-corrected chi connectivity index (χ2v) is 4.68. The van der Waals surface area contributed by atoms with Crippen molar-refractivity contribution in [3.63, 3.8) is 0 Å². The highest BCUT2D eigenvalue weighted by Crippen LogP contribution is 2.34. The first kappa shape index (κ1) is 16.2. The maximum atomic E-state index is 11.8. The molecule has 0 aromatic carbocycles. The Bertz CT molecular complexity index is 434. The summed E-state index contributed by atoms with van der Waals surface area (Å²) >= 11 is 0. The fourth-order valence-corrected chi connectivity index (χ4v) is 2.51. The van der Waals surface area contributed by atoms with Gasteiger partial charge in [-0.15, -0.1) is 0 Å². The molecule has 1 atom stereocenters. The molecule has 1 unspecified atom stereocenters. The van der Waals surface area contributed by atoms with Gasteiger partial charge in [-0.05, 0) is 44.6 Å². The number of hydrogen-bond acceptors (Lipinski definition) is 5. The lowest BCUT2D eigenvalue weighted by Crippen LogP contribution is -2.20. The lowest BCUT2D eigenvalue weighted by atomic mass is 9.80. The van der Waals surface area contributed by atoms with Gasteiger partial charge in [-0.2, -0.15) is 5.26 Å². The number of carbonyl (C=O) groups excluding carboxylic acids is 2. The van der Waals surface area contributed by atoms with E-state index in [1.807, 2.05) is 6.07 Å². The smallest absolute Gasteiger partial charge is 0.348 e. The minimum atomic E-state index is -0.583. The summed E-state index contributed by atoms with van der Waals surface area (Å²) in [5.74, 6) is -0.944. The Morgan fingerprint density at radius 1 is 1.25 bits per heavy atom. The predicted molar refractivity (Wildman–Crippen MR) is 72.5 cm³/mol. The zero-order valence-electron chi connectivity index (χ0n) is 12.1. The summed E-state index contributed by atoms with van der Waals surface area (Å²) < 4.78 is 9.87. The summed E-state index contributed by atoms with van der Waals surface area (Å²) in [6, 6.07) is 1.94. The third-order valence-corrected chi connectivity index (χ3v) is 3.37. The Kier molecular flexibility index (Phi) is 6.78. The van der Waals surface area contributed by atoms with Crippen LogP contribution in [0.1, 0.15) is 46.0 Å². The van der Waals surface area contributed by atoms with E-state index >= 15 is 0 Å². The van der Waals surface area contributed by atoms with Gasteiger partial charge < -0.3 is 9.47 Å². The van der Waals surface area contributed by atoms with Crippen molar-refractivity contribution in [1.29, 1.82) is 5.26 Å². The molecule has 0 bridgehead atoms. The van der Waals surface area contributed by atoms with Gasteiger partial charge in [-0.25, -0.2) is 4.79 Å². The fraction of sp³-hybridized carbons (Fsp3) is 0.667. The van der Waals surface area contributed by atoms with Crippen LogP contribution in [-0.4, -0.2) is 25.2 Å². The lowest BCUT2D eigenvalue weighted by molar-refractivity contribution is -0.144. The van der Waals surface area contributed by atoms with E-state index < -0.39 is 5.97 Å². The average molecular weight is 279 g/mol. The first-order valence-corrected chi connectivity index (χ1v) is 7.09. The molecule has 0 radical (unpaired) electrons. The second-order valence-electron chi connectivity index (χ2n) is 4.68. The molecule has 1 saturated carbocycles. The molecule has 0 spiro atoms. The highest BCUT2D eigenvalue weighted by atomic mass is 16.5. The van der Waals surface area contributed by atoms with Crippen LogP contribution in [0, 0.1) is 17.2 Å². The van der Waals surface area contributed by atoms with Gasteiger partial charge in [-0.3, -0.25) is 4.79 Å². The standard InChI is InChI=1S/C15H21NO4/c1-3-19-14(17)9-11-7-5-6-8-12(11)13(10-16)15(18)20-4-2/h11H,3-9H2,1-2H3. The van der Waals surface area contributed by atoms with Gasteiger partial charge in [0.05, 0.1) is 19.6 Å². The summed E-state index contributed by atoms with van der Waals surface area (Å²) in [5, 5.41) is 9.21. The number of ether oxygens (including phenoxy) is 2. The normalized spacial score (nSPS) is 20.8. The van der Waals surface area contributed by atoms with Crippen LogP contribution in [0.5, 0.6) is 0 Å². The van der Waals surface area contributed by atoms with Gasteiger partial charge >= 0.3 is 11.9 Å².